The Balaban J connectivity index is 2.73. The maximum atomic E-state index is 4.12. The van der Waals surface area contributed by atoms with E-state index in [0.717, 1.165) is 18.4 Å². The van der Waals surface area contributed by atoms with Crippen molar-refractivity contribution < 1.29 is 0 Å². The Bertz CT molecular complexity index is 317. The number of hydrogen-bond acceptors (Lipinski definition) is 0. The summed E-state index contributed by atoms with van der Waals surface area (Å²) in [6, 6.07) is 0. The summed E-state index contributed by atoms with van der Waals surface area (Å²) in [5.74, 6) is 1.32. The SMILES string of the molecule is C=CC(CC)CC1CC(=C)CC1=CC(=C)C. The van der Waals surface area contributed by atoms with Gasteiger partial charge in [-0.05, 0) is 44.4 Å². The van der Waals surface area contributed by atoms with Gasteiger partial charge in [0, 0.05) is 0 Å². The highest BCUT2D eigenvalue weighted by Gasteiger charge is 2.24. The molecule has 0 heteroatoms. The van der Waals surface area contributed by atoms with E-state index in [-0.39, 0.29) is 0 Å². The van der Waals surface area contributed by atoms with Crippen LogP contribution in [0.3, 0.4) is 0 Å². The van der Waals surface area contributed by atoms with E-state index in [1.54, 1.807) is 0 Å². The van der Waals surface area contributed by atoms with E-state index in [9.17, 15) is 0 Å². The fraction of sp³-hybridized carbons (Fsp3) is 0.500. The second-order valence-electron chi connectivity index (χ2n) is 5.03. The first-order valence-corrected chi connectivity index (χ1v) is 6.22. The van der Waals surface area contributed by atoms with Crippen LogP contribution in [0.4, 0.5) is 0 Å². The highest BCUT2D eigenvalue weighted by Crippen LogP contribution is 2.39. The molecule has 0 spiro atoms. The van der Waals surface area contributed by atoms with Gasteiger partial charge in [-0.1, -0.05) is 49.0 Å². The molecule has 16 heavy (non-hydrogen) atoms. The molecule has 0 saturated heterocycles. The molecule has 2 atom stereocenters. The molecule has 0 bridgehead atoms. The molecule has 0 heterocycles. The quantitative estimate of drug-likeness (QED) is 0.564. The Morgan fingerprint density at radius 3 is 2.75 bits per heavy atom. The Kier molecular flexibility index (Phi) is 4.79. The molecule has 0 radical (unpaired) electrons. The third-order valence-electron chi connectivity index (χ3n) is 3.39. The molecule has 0 aromatic carbocycles. The molecule has 1 fully saturated rings. The molecule has 0 aliphatic heterocycles. The van der Waals surface area contributed by atoms with E-state index < -0.39 is 0 Å². The summed E-state index contributed by atoms with van der Waals surface area (Å²) in [6.07, 6.45) is 8.98. The van der Waals surface area contributed by atoms with Crippen LogP contribution < -0.4 is 0 Å². The van der Waals surface area contributed by atoms with Crippen LogP contribution >= 0.6 is 0 Å². The van der Waals surface area contributed by atoms with Crippen LogP contribution in [0.25, 0.3) is 0 Å². The minimum absolute atomic E-state index is 0.643. The van der Waals surface area contributed by atoms with Gasteiger partial charge in [-0.15, -0.1) is 6.58 Å². The van der Waals surface area contributed by atoms with Gasteiger partial charge in [-0.2, -0.15) is 0 Å². The molecule has 0 amide bonds. The molecule has 1 aliphatic carbocycles. The standard InChI is InChI=1S/C16H24/c1-6-14(7-2)11-16-10-13(5)9-15(16)8-12(3)4/h6,8,14,16H,1,3,5,7,9-11H2,2,4H3. The van der Waals surface area contributed by atoms with Crippen molar-refractivity contribution in [2.24, 2.45) is 11.8 Å². The summed E-state index contributed by atoms with van der Waals surface area (Å²) in [5.41, 5.74) is 4.05. The van der Waals surface area contributed by atoms with Gasteiger partial charge in [0.25, 0.3) is 0 Å². The molecule has 0 aromatic heterocycles. The van der Waals surface area contributed by atoms with Crippen molar-refractivity contribution in [2.45, 2.75) is 39.5 Å². The fourth-order valence-corrected chi connectivity index (χ4v) is 2.50. The first kappa shape index (κ1) is 13.0. The summed E-state index contributed by atoms with van der Waals surface area (Å²) >= 11 is 0. The zero-order valence-electron chi connectivity index (χ0n) is 10.8. The van der Waals surface area contributed by atoms with E-state index >= 15 is 0 Å². The minimum Gasteiger partial charge on any atom is -0.103 e. The van der Waals surface area contributed by atoms with Crippen LogP contribution in [0.1, 0.15) is 39.5 Å². The van der Waals surface area contributed by atoms with Crippen molar-refractivity contribution in [1.29, 1.82) is 0 Å². The van der Waals surface area contributed by atoms with Gasteiger partial charge in [-0.3, -0.25) is 0 Å². The van der Waals surface area contributed by atoms with E-state index in [1.807, 2.05) is 0 Å². The normalized spacial score (nSPS) is 24.8. The van der Waals surface area contributed by atoms with Crippen molar-refractivity contribution >= 4 is 0 Å². The summed E-state index contributed by atoms with van der Waals surface area (Å²) in [6.45, 7) is 16.3. The Hall–Kier alpha value is -1.04. The molecule has 0 aromatic rings. The topological polar surface area (TPSA) is 0 Å². The summed E-state index contributed by atoms with van der Waals surface area (Å²) < 4.78 is 0. The van der Waals surface area contributed by atoms with Crippen molar-refractivity contribution in [3.63, 3.8) is 0 Å². The maximum absolute atomic E-state index is 4.12. The van der Waals surface area contributed by atoms with Crippen LogP contribution in [0.2, 0.25) is 0 Å². The molecule has 1 saturated carbocycles. The molecule has 88 valence electrons. The molecular formula is C16H24. The second-order valence-corrected chi connectivity index (χ2v) is 5.03. The highest BCUT2D eigenvalue weighted by atomic mass is 14.3. The highest BCUT2D eigenvalue weighted by molar-refractivity contribution is 5.30. The first-order chi connectivity index (χ1) is 7.56. The lowest BCUT2D eigenvalue weighted by molar-refractivity contribution is 0.471. The van der Waals surface area contributed by atoms with Gasteiger partial charge >= 0.3 is 0 Å². The van der Waals surface area contributed by atoms with Crippen molar-refractivity contribution in [2.75, 3.05) is 0 Å². The molecule has 0 nitrogen and oxygen atoms in total. The second kappa shape index (κ2) is 5.89. The predicted octanol–water partition coefficient (Wildman–Crippen LogP) is 5.06. The van der Waals surface area contributed by atoms with Crippen LogP contribution in [-0.4, -0.2) is 0 Å². The van der Waals surface area contributed by atoms with Crippen LogP contribution in [-0.2, 0) is 0 Å². The van der Waals surface area contributed by atoms with Gasteiger partial charge in [0.2, 0.25) is 0 Å². The maximum Gasteiger partial charge on any atom is -0.0105 e. The molecule has 1 aliphatic rings. The van der Waals surface area contributed by atoms with Crippen LogP contribution in [0, 0.1) is 11.8 Å². The Labute approximate surface area is 100 Å². The molecular weight excluding hydrogens is 192 g/mol. The molecule has 1 rings (SSSR count). The Morgan fingerprint density at radius 2 is 2.25 bits per heavy atom. The average molecular weight is 216 g/mol. The average Bonchev–Trinajstić information content (AvgIpc) is 2.54. The van der Waals surface area contributed by atoms with Gasteiger partial charge in [-0.25, -0.2) is 0 Å². The minimum atomic E-state index is 0.643. The lowest BCUT2D eigenvalue weighted by Gasteiger charge is -2.17. The number of rotatable bonds is 5. The van der Waals surface area contributed by atoms with Gasteiger partial charge in [0.1, 0.15) is 0 Å². The third kappa shape index (κ3) is 3.52. The van der Waals surface area contributed by atoms with Gasteiger partial charge < -0.3 is 0 Å². The van der Waals surface area contributed by atoms with Crippen molar-refractivity contribution in [3.8, 4) is 0 Å². The van der Waals surface area contributed by atoms with Crippen LogP contribution in [0.5, 0.6) is 0 Å². The summed E-state index contributed by atoms with van der Waals surface area (Å²) in [7, 11) is 0. The van der Waals surface area contributed by atoms with E-state index in [1.165, 1.54) is 24.0 Å². The largest absolute Gasteiger partial charge is 0.103 e. The number of allylic oxidation sites excluding steroid dienone is 5. The number of hydrogen-bond donors (Lipinski definition) is 0. The third-order valence-corrected chi connectivity index (χ3v) is 3.39. The molecule has 0 N–H and O–H groups in total. The summed E-state index contributed by atoms with van der Waals surface area (Å²) in [5, 5.41) is 0. The lowest BCUT2D eigenvalue weighted by atomic mass is 9.88. The smallest absolute Gasteiger partial charge is 0.0105 e. The molecule has 2 unspecified atom stereocenters. The lowest BCUT2D eigenvalue weighted by Crippen LogP contribution is -2.05. The zero-order valence-corrected chi connectivity index (χ0v) is 10.8. The Morgan fingerprint density at radius 1 is 1.56 bits per heavy atom. The van der Waals surface area contributed by atoms with Gasteiger partial charge in [0.05, 0.1) is 0 Å². The fourth-order valence-electron chi connectivity index (χ4n) is 2.50. The predicted molar refractivity (Wildman–Crippen MR) is 73.4 cm³/mol. The van der Waals surface area contributed by atoms with Crippen molar-refractivity contribution in [3.05, 3.63) is 48.6 Å². The first-order valence-electron chi connectivity index (χ1n) is 6.22. The van der Waals surface area contributed by atoms with Crippen LogP contribution in [0.15, 0.2) is 48.6 Å². The summed E-state index contributed by atoms with van der Waals surface area (Å²) in [4.78, 5) is 0. The zero-order chi connectivity index (χ0) is 12.1. The van der Waals surface area contributed by atoms with E-state index in [4.69, 9.17) is 0 Å². The monoisotopic (exact) mass is 216 g/mol. The van der Waals surface area contributed by atoms with Crippen molar-refractivity contribution in [1.82, 2.24) is 0 Å². The van der Waals surface area contributed by atoms with E-state index in [0.29, 0.717) is 11.8 Å². The van der Waals surface area contributed by atoms with E-state index in [2.05, 4.69) is 45.7 Å². The van der Waals surface area contributed by atoms with Gasteiger partial charge in [0.15, 0.2) is 0 Å².